The van der Waals surface area contributed by atoms with Gasteiger partial charge < -0.3 is 10.1 Å². The first-order chi connectivity index (χ1) is 10.0. The highest BCUT2D eigenvalue weighted by molar-refractivity contribution is 6.30. The quantitative estimate of drug-likeness (QED) is 0.861. The molecule has 112 valence electrons. The van der Waals surface area contributed by atoms with E-state index in [2.05, 4.69) is 30.4 Å². The number of nitrogens with one attached hydrogen (secondary N) is 1. The minimum Gasteiger partial charge on any atom is -0.491 e. The third-order valence-electron chi connectivity index (χ3n) is 3.43. The molecule has 0 spiro atoms. The Hall–Kier alpha value is -1.51. The molecule has 1 N–H and O–H groups in total. The standard InChI is InChI=1S/C18H22ClNO/c1-12(2)21-16-9-6-14(7-10-16)18(20-4)17-11-15(19)8-5-13(17)3/h5-12,18,20H,1-4H3. The average Bonchev–Trinajstić information content (AvgIpc) is 2.44. The Labute approximate surface area is 132 Å². The largest absolute Gasteiger partial charge is 0.491 e. The molecule has 0 amide bonds. The molecule has 0 bridgehead atoms. The summed E-state index contributed by atoms with van der Waals surface area (Å²) in [5.41, 5.74) is 3.61. The monoisotopic (exact) mass is 303 g/mol. The molecule has 1 atom stereocenters. The zero-order valence-electron chi connectivity index (χ0n) is 13.0. The molecule has 3 heteroatoms. The summed E-state index contributed by atoms with van der Waals surface area (Å²) in [6, 6.07) is 14.3. The first kappa shape index (κ1) is 15.9. The van der Waals surface area contributed by atoms with Crippen molar-refractivity contribution in [3.8, 4) is 5.75 Å². The van der Waals surface area contributed by atoms with Crippen LogP contribution in [0.25, 0.3) is 0 Å². The molecule has 2 rings (SSSR count). The average molecular weight is 304 g/mol. The number of aryl methyl sites for hydroxylation is 1. The normalized spacial score (nSPS) is 12.5. The molecule has 0 heterocycles. The maximum absolute atomic E-state index is 6.14. The zero-order valence-corrected chi connectivity index (χ0v) is 13.7. The van der Waals surface area contributed by atoms with Crippen LogP contribution in [0.1, 0.15) is 36.6 Å². The van der Waals surface area contributed by atoms with Crippen LogP contribution in [0.2, 0.25) is 5.02 Å². The van der Waals surface area contributed by atoms with E-state index in [0.29, 0.717) is 0 Å². The van der Waals surface area contributed by atoms with E-state index in [1.807, 2.05) is 45.2 Å². The molecular formula is C18H22ClNO. The highest BCUT2D eigenvalue weighted by Gasteiger charge is 2.15. The van der Waals surface area contributed by atoms with Crippen molar-refractivity contribution in [1.29, 1.82) is 0 Å². The van der Waals surface area contributed by atoms with Crippen molar-refractivity contribution < 1.29 is 4.74 Å². The first-order valence-corrected chi connectivity index (χ1v) is 7.59. The molecule has 0 fully saturated rings. The smallest absolute Gasteiger partial charge is 0.119 e. The maximum atomic E-state index is 6.14. The zero-order chi connectivity index (χ0) is 15.4. The summed E-state index contributed by atoms with van der Waals surface area (Å²) in [4.78, 5) is 0. The number of ether oxygens (including phenoxy) is 1. The molecule has 1 unspecified atom stereocenters. The van der Waals surface area contributed by atoms with Crippen molar-refractivity contribution in [3.05, 3.63) is 64.2 Å². The summed E-state index contributed by atoms with van der Waals surface area (Å²) >= 11 is 6.14. The van der Waals surface area contributed by atoms with Gasteiger partial charge in [-0.3, -0.25) is 0 Å². The van der Waals surface area contributed by atoms with Gasteiger partial charge in [0.05, 0.1) is 12.1 Å². The van der Waals surface area contributed by atoms with E-state index in [-0.39, 0.29) is 12.1 Å². The van der Waals surface area contributed by atoms with Gasteiger partial charge in [0.25, 0.3) is 0 Å². The van der Waals surface area contributed by atoms with E-state index < -0.39 is 0 Å². The number of hydrogen-bond acceptors (Lipinski definition) is 2. The highest BCUT2D eigenvalue weighted by atomic mass is 35.5. The topological polar surface area (TPSA) is 21.3 Å². The van der Waals surface area contributed by atoms with Gasteiger partial charge in [-0.15, -0.1) is 0 Å². The molecule has 0 aliphatic carbocycles. The van der Waals surface area contributed by atoms with Crippen molar-refractivity contribution in [1.82, 2.24) is 5.32 Å². The molecule has 21 heavy (non-hydrogen) atoms. The second kappa shape index (κ2) is 6.97. The van der Waals surface area contributed by atoms with Crippen LogP contribution in [-0.2, 0) is 0 Å². The Morgan fingerprint density at radius 1 is 1.05 bits per heavy atom. The van der Waals surface area contributed by atoms with Gasteiger partial charge in [0.2, 0.25) is 0 Å². The third kappa shape index (κ3) is 3.99. The second-order valence-corrected chi connectivity index (χ2v) is 5.89. The van der Waals surface area contributed by atoms with E-state index in [4.69, 9.17) is 16.3 Å². The molecule has 0 aliphatic heterocycles. The van der Waals surface area contributed by atoms with Crippen LogP contribution in [0, 0.1) is 6.92 Å². The lowest BCUT2D eigenvalue weighted by molar-refractivity contribution is 0.242. The van der Waals surface area contributed by atoms with Crippen LogP contribution in [0.15, 0.2) is 42.5 Å². The lowest BCUT2D eigenvalue weighted by atomic mass is 9.95. The van der Waals surface area contributed by atoms with E-state index in [1.54, 1.807) is 0 Å². The van der Waals surface area contributed by atoms with Gasteiger partial charge in [0.15, 0.2) is 0 Å². The molecule has 0 aliphatic rings. The van der Waals surface area contributed by atoms with Crippen LogP contribution in [0.3, 0.4) is 0 Å². The van der Waals surface area contributed by atoms with Crippen LogP contribution in [-0.4, -0.2) is 13.2 Å². The second-order valence-electron chi connectivity index (χ2n) is 5.46. The molecule has 0 radical (unpaired) electrons. The third-order valence-corrected chi connectivity index (χ3v) is 3.66. The Kier molecular flexibility index (Phi) is 5.27. The van der Waals surface area contributed by atoms with Crippen LogP contribution < -0.4 is 10.1 Å². The summed E-state index contributed by atoms with van der Waals surface area (Å²) in [6.07, 6.45) is 0.186. The van der Waals surface area contributed by atoms with Crippen LogP contribution >= 0.6 is 11.6 Å². The van der Waals surface area contributed by atoms with Crippen molar-refractivity contribution >= 4 is 11.6 Å². The van der Waals surface area contributed by atoms with Gasteiger partial charge in [-0.25, -0.2) is 0 Å². The fourth-order valence-corrected chi connectivity index (χ4v) is 2.62. The summed E-state index contributed by atoms with van der Waals surface area (Å²) in [7, 11) is 1.96. The van der Waals surface area contributed by atoms with Crippen molar-refractivity contribution in [2.75, 3.05) is 7.05 Å². The van der Waals surface area contributed by atoms with Gasteiger partial charge in [-0.1, -0.05) is 29.8 Å². The van der Waals surface area contributed by atoms with E-state index in [9.17, 15) is 0 Å². The van der Waals surface area contributed by atoms with Gasteiger partial charge in [-0.05, 0) is 68.8 Å². The molecule has 0 saturated carbocycles. The van der Waals surface area contributed by atoms with Crippen molar-refractivity contribution in [2.45, 2.75) is 32.9 Å². The fourth-order valence-electron chi connectivity index (χ4n) is 2.44. The van der Waals surface area contributed by atoms with Gasteiger partial charge >= 0.3 is 0 Å². The lowest BCUT2D eigenvalue weighted by Crippen LogP contribution is -2.18. The summed E-state index contributed by atoms with van der Waals surface area (Å²) in [5, 5.41) is 4.12. The molecule has 0 saturated heterocycles. The summed E-state index contributed by atoms with van der Waals surface area (Å²) in [5.74, 6) is 0.895. The lowest BCUT2D eigenvalue weighted by Gasteiger charge is -2.20. The van der Waals surface area contributed by atoms with Gasteiger partial charge in [0.1, 0.15) is 5.75 Å². The molecular weight excluding hydrogens is 282 g/mol. The van der Waals surface area contributed by atoms with E-state index in [0.717, 1.165) is 10.8 Å². The maximum Gasteiger partial charge on any atom is 0.119 e. The summed E-state index contributed by atoms with van der Waals surface area (Å²) in [6.45, 7) is 6.16. The van der Waals surface area contributed by atoms with Crippen LogP contribution in [0.4, 0.5) is 0 Å². The Morgan fingerprint density at radius 2 is 1.71 bits per heavy atom. The van der Waals surface area contributed by atoms with E-state index >= 15 is 0 Å². The SMILES string of the molecule is CNC(c1ccc(OC(C)C)cc1)c1cc(Cl)ccc1C. The number of rotatable bonds is 5. The number of halogens is 1. The predicted octanol–water partition coefficient (Wildman–Crippen LogP) is 4.74. The molecule has 2 aromatic carbocycles. The Bertz CT molecular complexity index is 593. The summed E-state index contributed by atoms with van der Waals surface area (Å²) < 4.78 is 5.69. The fraction of sp³-hybridized carbons (Fsp3) is 0.333. The highest BCUT2D eigenvalue weighted by Crippen LogP contribution is 2.28. The number of benzene rings is 2. The van der Waals surface area contributed by atoms with Gasteiger partial charge in [-0.2, -0.15) is 0 Å². The van der Waals surface area contributed by atoms with Crippen molar-refractivity contribution in [3.63, 3.8) is 0 Å². The minimum atomic E-state index is 0.122. The molecule has 2 aromatic rings. The first-order valence-electron chi connectivity index (χ1n) is 7.21. The number of hydrogen-bond donors (Lipinski definition) is 1. The van der Waals surface area contributed by atoms with E-state index in [1.165, 1.54) is 16.7 Å². The predicted molar refractivity (Wildman–Crippen MR) is 89.3 cm³/mol. The molecule has 2 nitrogen and oxygen atoms in total. The minimum absolute atomic E-state index is 0.122. The van der Waals surface area contributed by atoms with Crippen molar-refractivity contribution in [2.24, 2.45) is 0 Å². The Balaban J connectivity index is 2.31. The Morgan fingerprint density at radius 3 is 2.29 bits per heavy atom. The van der Waals surface area contributed by atoms with Crippen LogP contribution in [0.5, 0.6) is 5.75 Å². The molecule has 0 aromatic heterocycles. The van der Waals surface area contributed by atoms with Gasteiger partial charge in [0, 0.05) is 5.02 Å².